The standard InChI is InChI=1S/C19H21N3O2S/c1-14(7-8-15-5-3-2-4-6-15)20-17(23)9-10-18-21-19(22-24-18)16-11-12-25-13-16/h2-6,11-14H,7-10H2,1H3,(H,20,23). The number of carbonyl (C=O) groups is 1. The maximum absolute atomic E-state index is 12.1. The van der Waals surface area contributed by atoms with E-state index in [1.54, 1.807) is 11.3 Å². The molecule has 0 saturated heterocycles. The molecule has 1 atom stereocenters. The number of rotatable bonds is 8. The van der Waals surface area contributed by atoms with Crippen LogP contribution in [0.1, 0.15) is 31.2 Å². The molecule has 0 aliphatic rings. The smallest absolute Gasteiger partial charge is 0.227 e. The molecule has 6 heteroatoms. The molecular weight excluding hydrogens is 334 g/mol. The van der Waals surface area contributed by atoms with Crippen LogP contribution in [0, 0.1) is 0 Å². The molecule has 5 nitrogen and oxygen atoms in total. The lowest BCUT2D eigenvalue weighted by atomic mass is 10.1. The summed E-state index contributed by atoms with van der Waals surface area (Å²) >= 11 is 1.59. The van der Waals surface area contributed by atoms with Crippen molar-refractivity contribution in [1.29, 1.82) is 0 Å². The first-order valence-corrected chi connectivity index (χ1v) is 9.33. The van der Waals surface area contributed by atoms with E-state index in [9.17, 15) is 4.79 Å². The molecule has 130 valence electrons. The molecule has 2 heterocycles. The maximum atomic E-state index is 12.1. The van der Waals surface area contributed by atoms with Crippen molar-refractivity contribution >= 4 is 17.2 Å². The molecule has 3 aromatic rings. The van der Waals surface area contributed by atoms with Crippen molar-refractivity contribution in [2.24, 2.45) is 0 Å². The van der Waals surface area contributed by atoms with E-state index in [4.69, 9.17) is 4.52 Å². The number of hydrogen-bond donors (Lipinski definition) is 1. The number of aryl methyl sites for hydroxylation is 2. The number of amides is 1. The number of aromatic nitrogens is 2. The zero-order valence-electron chi connectivity index (χ0n) is 14.1. The fourth-order valence-electron chi connectivity index (χ4n) is 2.53. The van der Waals surface area contributed by atoms with E-state index < -0.39 is 0 Å². The third-order valence-electron chi connectivity index (χ3n) is 3.93. The zero-order chi connectivity index (χ0) is 17.5. The van der Waals surface area contributed by atoms with Gasteiger partial charge in [0.1, 0.15) is 0 Å². The molecule has 0 aliphatic carbocycles. The van der Waals surface area contributed by atoms with Crippen LogP contribution in [0.25, 0.3) is 11.4 Å². The van der Waals surface area contributed by atoms with Gasteiger partial charge in [-0.15, -0.1) is 0 Å². The molecule has 1 amide bonds. The summed E-state index contributed by atoms with van der Waals surface area (Å²) in [4.78, 5) is 16.4. The summed E-state index contributed by atoms with van der Waals surface area (Å²) in [6.45, 7) is 2.03. The highest BCUT2D eigenvalue weighted by atomic mass is 32.1. The lowest BCUT2D eigenvalue weighted by molar-refractivity contribution is -0.121. The topological polar surface area (TPSA) is 68.0 Å². The summed E-state index contributed by atoms with van der Waals surface area (Å²) in [6, 6.07) is 12.4. The van der Waals surface area contributed by atoms with Crippen LogP contribution in [-0.4, -0.2) is 22.1 Å². The largest absolute Gasteiger partial charge is 0.354 e. The quantitative estimate of drug-likeness (QED) is 0.666. The molecule has 1 unspecified atom stereocenters. The van der Waals surface area contributed by atoms with Crippen molar-refractivity contribution in [1.82, 2.24) is 15.5 Å². The number of benzene rings is 1. The SMILES string of the molecule is CC(CCc1ccccc1)NC(=O)CCc1nc(-c2ccsc2)no1. The Hall–Kier alpha value is -2.47. The van der Waals surface area contributed by atoms with E-state index in [-0.39, 0.29) is 11.9 Å². The van der Waals surface area contributed by atoms with Gasteiger partial charge in [-0.05, 0) is 36.8 Å². The molecule has 3 rings (SSSR count). The lowest BCUT2D eigenvalue weighted by Gasteiger charge is -2.13. The van der Waals surface area contributed by atoms with Crippen molar-refractivity contribution in [2.45, 2.75) is 38.6 Å². The van der Waals surface area contributed by atoms with Crippen LogP contribution in [0.15, 0.2) is 51.7 Å². The molecule has 1 N–H and O–H groups in total. The molecule has 0 fully saturated rings. The summed E-state index contributed by atoms with van der Waals surface area (Å²) in [5.41, 5.74) is 2.23. The van der Waals surface area contributed by atoms with Gasteiger partial charge in [0, 0.05) is 29.8 Å². The highest BCUT2D eigenvalue weighted by molar-refractivity contribution is 7.08. The predicted molar refractivity (Wildman–Crippen MR) is 98.3 cm³/mol. The Kier molecular flexibility index (Phi) is 5.95. The van der Waals surface area contributed by atoms with Crippen LogP contribution >= 0.6 is 11.3 Å². The number of carbonyl (C=O) groups excluding carboxylic acids is 1. The molecular formula is C19H21N3O2S. The second-order valence-electron chi connectivity index (χ2n) is 6.02. The zero-order valence-corrected chi connectivity index (χ0v) is 15.0. The number of hydrogen-bond acceptors (Lipinski definition) is 5. The van der Waals surface area contributed by atoms with Gasteiger partial charge in [0.2, 0.25) is 17.6 Å². The van der Waals surface area contributed by atoms with Crippen LogP contribution in [0.2, 0.25) is 0 Å². The summed E-state index contributed by atoms with van der Waals surface area (Å²) in [5, 5.41) is 10.9. The first kappa shape index (κ1) is 17.4. The Morgan fingerprint density at radius 1 is 1.24 bits per heavy atom. The van der Waals surface area contributed by atoms with Gasteiger partial charge in [-0.1, -0.05) is 35.5 Å². The summed E-state index contributed by atoms with van der Waals surface area (Å²) in [7, 11) is 0. The van der Waals surface area contributed by atoms with Gasteiger partial charge in [0.05, 0.1) is 0 Å². The van der Waals surface area contributed by atoms with Crippen molar-refractivity contribution in [3.8, 4) is 11.4 Å². The van der Waals surface area contributed by atoms with Crippen LogP contribution in [0.5, 0.6) is 0 Å². The summed E-state index contributed by atoms with van der Waals surface area (Å²) < 4.78 is 5.21. The Labute approximate surface area is 151 Å². The van der Waals surface area contributed by atoms with Crippen LogP contribution in [-0.2, 0) is 17.6 Å². The number of nitrogens with one attached hydrogen (secondary N) is 1. The first-order valence-electron chi connectivity index (χ1n) is 8.39. The third-order valence-corrected chi connectivity index (χ3v) is 4.61. The van der Waals surface area contributed by atoms with Gasteiger partial charge >= 0.3 is 0 Å². The van der Waals surface area contributed by atoms with Gasteiger partial charge in [-0.25, -0.2) is 0 Å². The fraction of sp³-hybridized carbons (Fsp3) is 0.316. The highest BCUT2D eigenvalue weighted by Gasteiger charge is 2.12. The minimum absolute atomic E-state index is 0.0100. The Morgan fingerprint density at radius 3 is 2.84 bits per heavy atom. The van der Waals surface area contributed by atoms with Crippen LogP contribution in [0.3, 0.4) is 0 Å². The first-order chi connectivity index (χ1) is 12.2. The van der Waals surface area contributed by atoms with E-state index in [2.05, 4.69) is 27.6 Å². The summed E-state index contributed by atoms with van der Waals surface area (Å²) in [6.07, 6.45) is 2.67. The lowest BCUT2D eigenvalue weighted by Crippen LogP contribution is -2.33. The van der Waals surface area contributed by atoms with Gasteiger partial charge in [-0.3, -0.25) is 4.79 Å². The van der Waals surface area contributed by atoms with Gasteiger partial charge in [-0.2, -0.15) is 16.3 Å². The van der Waals surface area contributed by atoms with Gasteiger partial charge < -0.3 is 9.84 Å². The maximum Gasteiger partial charge on any atom is 0.227 e. The van der Waals surface area contributed by atoms with E-state index in [0.29, 0.717) is 24.6 Å². The van der Waals surface area contributed by atoms with Crippen molar-refractivity contribution < 1.29 is 9.32 Å². The van der Waals surface area contributed by atoms with Crippen LogP contribution < -0.4 is 5.32 Å². The van der Waals surface area contributed by atoms with Crippen molar-refractivity contribution in [3.05, 3.63) is 58.6 Å². The van der Waals surface area contributed by atoms with E-state index in [1.807, 2.05) is 41.9 Å². The molecule has 25 heavy (non-hydrogen) atoms. The monoisotopic (exact) mass is 355 g/mol. The van der Waals surface area contributed by atoms with Gasteiger partial charge in [0.15, 0.2) is 0 Å². The number of thiophene rings is 1. The summed E-state index contributed by atoms with van der Waals surface area (Å²) in [5.74, 6) is 1.08. The van der Waals surface area contributed by atoms with Crippen LogP contribution in [0.4, 0.5) is 0 Å². The van der Waals surface area contributed by atoms with Crippen molar-refractivity contribution in [2.75, 3.05) is 0 Å². The highest BCUT2D eigenvalue weighted by Crippen LogP contribution is 2.19. The number of nitrogens with zero attached hydrogens (tertiary/aromatic N) is 2. The molecule has 0 saturated carbocycles. The second-order valence-corrected chi connectivity index (χ2v) is 6.80. The minimum atomic E-state index is 0.0100. The Morgan fingerprint density at radius 2 is 2.08 bits per heavy atom. The predicted octanol–water partition coefficient (Wildman–Crippen LogP) is 3.87. The minimum Gasteiger partial charge on any atom is -0.354 e. The Balaban J connectivity index is 1.40. The molecule has 0 aliphatic heterocycles. The third kappa shape index (κ3) is 5.26. The molecule has 0 bridgehead atoms. The van der Waals surface area contributed by atoms with Crippen molar-refractivity contribution in [3.63, 3.8) is 0 Å². The molecule has 0 spiro atoms. The average molecular weight is 355 g/mol. The second kappa shape index (κ2) is 8.58. The normalized spacial score (nSPS) is 12.0. The van der Waals surface area contributed by atoms with E-state index >= 15 is 0 Å². The average Bonchev–Trinajstić information content (AvgIpc) is 3.30. The molecule has 1 aromatic carbocycles. The molecule has 2 aromatic heterocycles. The van der Waals surface area contributed by atoms with E-state index in [1.165, 1.54) is 5.56 Å². The van der Waals surface area contributed by atoms with E-state index in [0.717, 1.165) is 18.4 Å². The molecule has 0 radical (unpaired) electrons. The van der Waals surface area contributed by atoms with Gasteiger partial charge in [0.25, 0.3) is 0 Å². The fourth-order valence-corrected chi connectivity index (χ4v) is 3.17. The Bertz CT molecular complexity index is 784.